The molecule has 1 aromatic heterocycles. The molecule has 0 saturated carbocycles. The molecule has 0 saturated heterocycles. The van der Waals surface area contributed by atoms with E-state index in [1.807, 2.05) is 48.5 Å². The summed E-state index contributed by atoms with van der Waals surface area (Å²) in [6.07, 6.45) is -0.622. The van der Waals surface area contributed by atoms with Gasteiger partial charge in [0.2, 0.25) is 11.9 Å². The van der Waals surface area contributed by atoms with Crippen LogP contribution in [0.3, 0.4) is 0 Å². The number of aliphatic imine (C=N–C) groups is 1. The third kappa shape index (κ3) is 3.64. The summed E-state index contributed by atoms with van der Waals surface area (Å²) in [7, 11) is 3.22. The lowest BCUT2D eigenvalue weighted by atomic mass is 10.1. The first-order chi connectivity index (χ1) is 14.1. The van der Waals surface area contributed by atoms with Crippen molar-refractivity contribution in [2.45, 2.75) is 13.1 Å². The van der Waals surface area contributed by atoms with Gasteiger partial charge in [-0.3, -0.25) is 14.7 Å². The van der Waals surface area contributed by atoms with Gasteiger partial charge in [0.25, 0.3) is 5.56 Å². The number of hydrogen-bond acceptors (Lipinski definition) is 7. The van der Waals surface area contributed by atoms with Gasteiger partial charge in [-0.15, -0.1) is 0 Å². The molecule has 0 aliphatic carbocycles. The average Bonchev–Trinajstić information content (AvgIpc) is 2.73. The summed E-state index contributed by atoms with van der Waals surface area (Å²) in [6, 6.07) is 16.5. The molecule has 0 amide bonds. The predicted molar refractivity (Wildman–Crippen MR) is 112 cm³/mol. The summed E-state index contributed by atoms with van der Waals surface area (Å²) >= 11 is 0. The number of hydrogen-bond donors (Lipinski definition) is 2. The highest BCUT2D eigenvalue weighted by Gasteiger charge is 2.27. The van der Waals surface area contributed by atoms with Crippen LogP contribution in [0.2, 0.25) is 0 Å². The second kappa shape index (κ2) is 7.67. The molecule has 8 heteroatoms. The van der Waals surface area contributed by atoms with Crippen LogP contribution in [0.5, 0.6) is 11.5 Å². The van der Waals surface area contributed by atoms with Crippen LogP contribution in [0.15, 0.2) is 64.4 Å². The molecule has 2 heterocycles. The molecule has 2 aromatic carbocycles. The molecular formula is C21H21N5O3. The molecule has 1 aliphatic rings. The van der Waals surface area contributed by atoms with Crippen LogP contribution in [-0.2, 0) is 0 Å². The Morgan fingerprint density at radius 3 is 2.55 bits per heavy atom. The summed E-state index contributed by atoms with van der Waals surface area (Å²) in [5.41, 5.74) is 2.01. The Morgan fingerprint density at radius 1 is 1.07 bits per heavy atom. The normalized spacial score (nSPS) is 15.0. The largest absolute Gasteiger partial charge is 0.497 e. The van der Waals surface area contributed by atoms with Gasteiger partial charge in [0.05, 0.1) is 14.2 Å². The third-order valence-corrected chi connectivity index (χ3v) is 4.58. The SMILES string of the molecule is COc1ccc(NC2=N[C@H](c3ccccc3OC)n3c(nc(C)cc3=O)N2)cc1. The van der Waals surface area contributed by atoms with E-state index in [-0.39, 0.29) is 5.56 Å². The summed E-state index contributed by atoms with van der Waals surface area (Å²) in [6.45, 7) is 1.78. The van der Waals surface area contributed by atoms with Crippen molar-refractivity contribution in [1.82, 2.24) is 9.55 Å². The topological polar surface area (TPSA) is 89.8 Å². The first-order valence-corrected chi connectivity index (χ1v) is 9.08. The van der Waals surface area contributed by atoms with E-state index in [2.05, 4.69) is 15.6 Å². The van der Waals surface area contributed by atoms with Crippen molar-refractivity contribution < 1.29 is 9.47 Å². The number of guanidine groups is 1. The van der Waals surface area contributed by atoms with E-state index in [0.717, 1.165) is 17.0 Å². The molecule has 0 unspecified atom stereocenters. The van der Waals surface area contributed by atoms with Crippen LogP contribution < -0.4 is 25.7 Å². The van der Waals surface area contributed by atoms with Crippen molar-refractivity contribution >= 4 is 17.6 Å². The molecular weight excluding hydrogens is 370 g/mol. The maximum atomic E-state index is 12.7. The van der Waals surface area contributed by atoms with Gasteiger partial charge in [0.15, 0.2) is 6.17 Å². The second-order valence-electron chi connectivity index (χ2n) is 6.50. The fraction of sp³-hybridized carbons (Fsp3) is 0.190. The number of methoxy groups -OCH3 is 2. The van der Waals surface area contributed by atoms with Gasteiger partial charge in [-0.1, -0.05) is 18.2 Å². The molecule has 1 aliphatic heterocycles. The minimum atomic E-state index is -0.622. The van der Waals surface area contributed by atoms with E-state index in [1.54, 1.807) is 21.1 Å². The van der Waals surface area contributed by atoms with E-state index >= 15 is 0 Å². The Bertz CT molecular complexity index is 1120. The molecule has 0 radical (unpaired) electrons. The van der Waals surface area contributed by atoms with Crippen LogP contribution in [0.25, 0.3) is 0 Å². The first kappa shape index (κ1) is 18.5. The standard InChI is InChI=1S/C21H21N5O3/c1-13-12-18(27)26-19(16-6-4-5-7-17(16)29-3)24-20(25-21(26)22-13)23-14-8-10-15(28-2)11-9-14/h4-12,19H,1-3H3,(H2,22,23,24,25)/t19-/m0/s1. The number of para-hydroxylation sites is 1. The molecule has 2 N–H and O–H groups in total. The molecule has 148 valence electrons. The minimum absolute atomic E-state index is 0.192. The highest BCUT2D eigenvalue weighted by atomic mass is 16.5. The number of aromatic nitrogens is 2. The van der Waals surface area contributed by atoms with Crippen LogP contribution in [0.4, 0.5) is 11.6 Å². The zero-order valence-electron chi connectivity index (χ0n) is 16.3. The number of rotatable bonds is 4. The van der Waals surface area contributed by atoms with Crippen LogP contribution in [-0.4, -0.2) is 29.7 Å². The van der Waals surface area contributed by atoms with Crippen molar-refractivity contribution in [3.05, 3.63) is 76.2 Å². The molecule has 1 atom stereocenters. The van der Waals surface area contributed by atoms with Crippen molar-refractivity contribution in [2.75, 3.05) is 24.9 Å². The van der Waals surface area contributed by atoms with E-state index in [4.69, 9.17) is 14.5 Å². The Kier molecular flexibility index (Phi) is 4.90. The van der Waals surface area contributed by atoms with Gasteiger partial charge in [0, 0.05) is 23.0 Å². The second-order valence-corrected chi connectivity index (χ2v) is 6.50. The Labute approximate surface area is 167 Å². The maximum absolute atomic E-state index is 12.7. The third-order valence-electron chi connectivity index (χ3n) is 4.58. The average molecular weight is 391 g/mol. The lowest BCUT2D eigenvalue weighted by Gasteiger charge is -2.27. The quantitative estimate of drug-likeness (QED) is 0.711. The van der Waals surface area contributed by atoms with Gasteiger partial charge >= 0.3 is 0 Å². The molecule has 0 fully saturated rings. The lowest BCUT2D eigenvalue weighted by molar-refractivity contribution is 0.401. The fourth-order valence-electron chi connectivity index (χ4n) is 3.21. The zero-order valence-corrected chi connectivity index (χ0v) is 16.3. The number of nitrogens with zero attached hydrogens (tertiary/aromatic N) is 3. The van der Waals surface area contributed by atoms with Crippen LogP contribution in [0.1, 0.15) is 17.4 Å². The number of ether oxygens (including phenoxy) is 2. The molecule has 0 spiro atoms. The lowest BCUT2D eigenvalue weighted by Crippen LogP contribution is -2.37. The van der Waals surface area contributed by atoms with Crippen LogP contribution >= 0.6 is 0 Å². The Balaban J connectivity index is 1.79. The maximum Gasteiger partial charge on any atom is 0.257 e. The zero-order chi connectivity index (χ0) is 20.4. The fourth-order valence-corrected chi connectivity index (χ4v) is 3.21. The van der Waals surface area contributed by atoms with Crippen molar-refractivity contribution in [3.63, 3.8) is 0 Å². The number of nitrogens with one attached hydrogen (secondary N) is 2. The highest BCUT2D eigenvalue weighted by molar-refractivity contribution is 6.03. The summed E-state index contributed by atoms with van der Waals surface area (Å²) < 4.78 is 12.2. The molecule has 29 heavy (non-hydrogen) atoms. The van der Waals surface area contributed by atoms with Gasteiger partial charge < -0.3 is 14.8 Å². The number of aryl methyl sites for hydroxylation is 1. The van der Waals surface area contributed by atoms with Crippen LogP contribution in [0, 0.1) is 6.92 Å². The Hall–Kier alpha value is -3.81. The molecule has 8 nitrogen and oxygen atoms in total. The van der Waals surface area contributed by atoms with E-state index in [1.165, 1.54) is 10.6 Å². The highest BCUT2D eigenvalue weighted by Crippen LogP contribution is 2.32. The monoisotopic (exact) mass is 391 g/mol. The van der Waals surface area contributed by atoms with Gasteiger partial charge in [0.1, 0.15) is 11.5 Å². The van der Waals surface area contributed by atoms with E-state index < -0.39 is 6.17 Å². The van der Waals surface area contributed by atoms with Crippen molar-refractivity contribution in [2.24, 2.45) is 4.99 Å². The van der Waals surface area contributed by atoms with Gasteiger partial charge in [-0.25, -0.2) is 9.98 Å². The number of fused-ring (bicyclic) bond motifs is 1. The summed E-state index contributed by atoms with van der Waals surface area (Å²) in [4.78, 5) is 22.0. The first-order valence-electron chi connectivity index (χ1n) is 9.08. The Morgan fingerprint density at radius 2 is 1.83 bits per heavy atom. The molecule has 3 aromatic rings. The summed E-state index contributed by atoms with van der Waals surface area (Å²) in [5, 5.41) is 6.35. The van der Waals surface area contributed by atoms with Gasteiger partial charge in [-0.05, 0) is 37.3 Å². The van der Waals surface area contributed by atoms with Crippen molar-refractivity contribution in [3.8, 4) is 11.5 Å². The molecule has 0 bridgehead atoms. The predicted octanol–water partition coefficient (Wildman–Crippen LogP) is 3.01. The minimum Gasteiger partial charge on any atom is -0.497 e. The number of benzene rings is 2. The van der Waals surface area contributed by atoms with Crippen molar-refractivity contribution in [1.29, 1.82) is 0 Å². The van der Waals surface area contributed by atoms with E-state index in [9.17, 15) is 4.79 Å². The summed E-state index contributed by atoms with van der Waals surface area (Å²) in [5.74, 6) is 2.29. The smallest absolute Gasteiger partial charge is 0.257 e. The number of anilines is 2. The van der Waals surface area contributed by atoms with Gasteiger partial charge in [-0.2, -0.15) is 0 Å². The van der Waals surface area contributed by atoms with E-state index in [0.29, 0.717) is 23.4 Å². The molecule has 4 rings (SSSR count).